The average Bonchev–Trinajstić information content (AvgIpc) is 3.00. The van der Waals surface area contributed by atoms with E-state index in [1.807, 2.05) is 54.3 Å². The number of methoxy groups -OCH3 is 1. The Morgan fingerprint density at radius 2 is 1.96 bits per heavy atom. The van der Waals surface area contributed by atoms with Crippen LogP contribution in [0, 0.1) is 6.92 Å². The SMILES string of the molecule is COC(=O)/C=C/c1ccccc1N1CCN(Cc2cccc(C)c2)C1=O. The Bertz CT molecular complexity index is 845. The van der Waals surface area contributed by atoms with Crippen molar-refractivity contribution in [1.82, 2.24) is 4.90 Å². The molecule has 0 aromatic heterocycles. The fourth-order valence-corrected chi connectivity index (χ4v) is 3.08. The Kier molecular flexibility index (Phi) is 5.37. The van der Waals surface area contributed by atoms with Gasteiger partial charge in [-0.3, -0.25) is 4.90 Å². The topological polar surface area (TPSA) is 49.9 Å². The average molecular weight is 350 g/mol. The highest BCUT2D eigenvalue weighted by molar-refractivity contribution is 5.97. The van der Waals surface area contributed by atoms with Crippen molar-refractivity contribution in [3.8, 4) is 0 Å². The van der Waals surface area contributed by atoms with Gasteiger partial charge in [-0.25, -0.2) is 9.59 Å². The minimum atomic E-state index is -0.423. The Morgan fingerprint density at radius 1 is 1.15 bits per heavy atom. The maximum Gasteiger partial charge on any atom is 0.330 e. The summed E-state index contributed by atoms with van der Waals surface area (Å²) >= 11 is 0. The predicted molar refractivity (Wildman–Crippen MR) is 102 cm³/mol. The summed E-state index contributed by atoms with van der Waals surface area (Å²) in [5, 5.41) is 0. The molecule has 1 aliphatic heterocycles. The lowest BCUT2D eigenvalue weighted by Gasteiger charge is -2.20. The van der Waals surface area contributed by atoms with E-state index in [-0.39, 0.29) is 6.03 Å². The largest absolute Gasteiger partial charge is 0.466 e. The lowest BCUT2D eigenvalue weighted by atomic mass is 10.1. The number of benzene rings is 2. The number of para-hydroxylation sites is 1. The molecule has 5 nitrogen and oxygen atoms in total. The first kappa shape index (κ1) is 17.7. The summed E-state index contributed by atoms with van der Waals surface area (Å²) in [6.45, 7) is 3.93. The van der Waals surface area contributed by atoms with E-state index in [9.17, 15) is 9.59 Å². The monoisotopic (exact) mass is 350 g/mol. The molecule has 0 spiro atoms. The lowest BCUT2D eigenvalue weighted by Crippen LogP contribution is -2.31. The number of hydrogen-bond acceptors (Lipinski definition) is 3. The maximum atomic E-state index is 12.9. The van der Waals surface area contributed by atoms with Crippen LogP contribution in [-0.4, -0.2) is 37.1 Å². The van der Waals surface area contributed by atoms with Gasteiger partial charge in [0.15, 0.2) is 0 Å². The molecular formula is C21H22N2O3. The van der Waals surface area contributed by atoms with Crippen molar-refractivity contribution in [2.75, 3.05) is 25.1 Å². The van der Waals surface area contributed by atoms with Gasteiger partial charge in [0.05, 0.1) is 12.8 Å². The van der Waals surface area contributed by atoms with Crippen molar-refractivity contribution in [2.45, 2.75) is 13.5 Å². The summed E-state index contributed by atoms with van der Waals surface area (Å²) in [4.78, 5) is 27.8. The normalized spacial score (nSPS) is 14.3. The van der Waals surface area contributed by atoms with Crippen molar-refractivity contribution < 1.29 is 14.3 Å². The fourth-order valence-electron chi connectivity index (χ4n) is 3.08. The van der Waals surface area contributed by atoms with E-state index < -0.39 is 5.97 Å². The van der Waals surface area contributed by atoms with Crippen LogP contribution in [-0.2, 0) is 16.1 Å². The standard InChI is InChI=1S/C21H22N2O3/c1-16-6-5-7-17(14-16)15-22-12-13-23(21(22)25)19-9-4-3-8-18(19)10-11-20(24)26-2/h3-11,14H,12-13,15H2,1-2H3/b11-10+. The van der Waals surface area contributed by atoms with Crippen LogP contribution in [0.1, 0.15) is 16.7 Å². The van der Waals surface area contributed by atoms with E-state index in [4.69, 9.17) is 0 Å². The van der Waals surface area contributed by atoms with E-state index in [1.165, 1.54) is 18.7 Å². The zero-order valence-corrected chi connectivity index (χ0v) is 15.0. The molecule has 1 heterocycles. The number of carbonyl (C=O) groups is 2. The Balaban J connectivity index is 1.78. The van der Waals surface area contributed by atoms with Crippen molar-refractivity contribution in [2.24, 2.45) is 0 Å². The number of amides is 2. The van der Waals surface area contributed by atoms with Gasteiger partial charge in [-0.1, -0.05) is 48.0 Å². The Morgan fingerprint density at radius 3 is 2.73 bits per heavy atom. The second-order valence-electron chi connectivity index (χ2n) is 6.26. The van der Waals surface area contributed by atoms with Crippen LogP contribution < -0.4 is 4.90 Å². The van der Waals surface area contributed by atoms with Gasteiger partial charge in [0.25, 0.3) is 0 Å². The first-order valence-corrected chi connectivity index (χ1v) is 8.55. The number of hydrogen-bond donors (Lipinski definition) is 0. The van der Waals surface area contributed by atoms with Crippen LogP contribution in [0.2, 0.25) is 0 Å². The maximum absolute atomic E-state index is 12.9. The van der Waals surface area contributed by atoms with Crippen LogP contribution in [0.3, 0.4) is 0 Å². The first-order chi connectivity index (χ1) is 12.6. The molecule has 0 aliphatic carbocycles. The molecule has 5 heteroatoms. The number of rotatable bonds is 5. The number of urea groups is 1. The molecule has 134 valence electrons. The molecule has 0 N–H and O–H groups in total. The molecule has 2 aromatic rings. The molecule has 1 aliphatic rings. The molecule has 0 unspecified atom stereocenters. The summed E-state index contributed by atoms with van der Waals surface area (Å²) < 4.78 is 4.64. The van der Waals surface area contributed by atoms with Gasteiger partial charge in [-0.15, -0.1) is 0 Å². The third kappa shape index (κ3) is 3.94. The van der Waals surface area contributed by atoms with Crippen LogP contribution >= 0.6 is 0 Å². The van der Waals surface area contributed by atoms with Crippen LogP contribution in [0.15, 0.2) is 54.6 Å². The molecule has 2 amide bonds. The van der Waals surface area contributed by atoms with Gasteiger partial charge in [0, 0.05) is 25.7 Å². The summed E-state index contributed by atoms with van der Waals surface area (Å²) in [5.41, 5.74) is 3.91. The molecule has 0 radical (unpaired) electrons. The molecule has 3 rings (SSSR count). The van der Waals surface area contributed by atoms with Gasteiger partial charge in [0.1, 0.15) is 0 Å². The van der Waals surface area contributed by atoms with E-state index >= 15 is 0 Å². The van der Waals surface area contributed by atoms with Gasteiger partial charge in [-0.05, 0) is 30.2 Å². The number of carbonyl (C=O) groups excluding carboxylic acids is 2. The van der Waals surface area contributed by atoms with Crippen molar-refractivity contribution in [3.05, 3.63) is 71.3 Å². The predicted octanol–water partition coefficient (Wildman–Crippen LogP) is 3.62. The van der Waals surface area contributed by atoms with E-state index in [0.717, 1.165) is 16.8 Å². The molecule has 1 saturated heterocycles. The van der Waals surface area contributed by atoms with Crippen molar-refractivity contribution >= 4 is 23.8 Å². The van der Waals surface area contributed by atoms with Gasteiger partial charge in [0.2, 0.25) is 0 Å². The minimum Gasteiger partial charge on any atom is -0.466 e. The third-order valence-corrected chi connectivity index (χ3v) is 4.38. The smallest absolute Gasteiger partial charge is 0.330 e. The molecule has 0 atom stereocenters. The van der Waals surface area contributed by atoms with E-state index in [1.54, 1.807) is 11.0 Å². The van der Waals surface area contributed by atoms with Gasteiger partial charge >= 0.3 is 12.0 Å². The first-order valence-electron chi connectivity index (χ1n) is 8.55. The number of ether oxygens (including phenoxy) is 1. The molecule has 26 heavy (non-hydrogen) atoms. The summed E-state index contributed by atoms with van der Waals surface area (Å²) in [6, 6.07) is 15.7. The second kappa shape index (κ2) is 7.87. The van der Waals surface area contributed by atoms with Crippen LogP contribution in [0.4, 0.5) is 10.5 Å². The Labute approximate surface area is 153 Å². The Hall–Kier alpha value is -3.08. The van der Waals surface area contributed by atoms with E-state index in [0.29, 0.717) is 19.6 Å². The molecule has 2 aromatic carbocycles. The fraction of sp³-hybridized carbons (Fsp3) is 0.238. The molecular weight excluding hydrogens is 328 g/mol. The highest BCUT2D eigenvalue weighted by Crippen LogP contribution is 2.26. The number of nitrogens with zero attached hydrogens (tertiary/aromatic N) is 2. The second-order valence-corrected chi connectivity index (χ2v) is 6.26. The van der Waals surface area contributed by atoms with Crippen LogP contribution in [0.5, 0.6) is 0 Å². The quantitative estimate of drug-likeness (QED) is 0.611. The van der Waals surface area contributed by atoms with E-state index in [2.05, 4.69) is 10.8 Å². The van der Waals surface area contributed by atoms with Crippen LogP contribution in [0.25, 0.3) is 6.08 Å². The lowest BCUT2D eigenvalue weighted by molar-refractivity contribution is -0.134. The summed E-state index contributed by atoms with van der Waals surface area (Å²) in [5.74, 6) is -0.423. The zero-order valence-electron chi connectivity index (χ0n) is 15.0. The molecule has 1 fully saturated rings. The minimum absolute atomic E-state index is 0.0228. The number of aryl methyl sites for hydroxylation is 1. The molecule has 0 saturated carbocycles. The highest BCUT2D eigenvalue weighted by atomic mass is 16.5. The zero-order chi connectivity index (χ0) is 18.5. The summed E-state index contributed by atoms with van der Waals surface area (Å²) in [7, 11) is 1.34. The van der Waals surface area contributed by atoms with Gasteiger partial charge < -0.3 is 9.64 Å². The van der Waals surface area contributed by atoms with Crippen molar-refractivity contribution in [1.29, 1.82) is 0 Å². The number of esters is 1. The van der Waals surface area contributed by atoms with Gasteiger partial charge in [-0.2, -0.15) is 0 Å². The highest BCUT2D eigenvalue weighted by Gasteiger charge is 2.30. The van der Waals surface area contributed by atoms with Crippen molar-refractivity contribution in [3.63, 3.8) is 0 Å². The molecule has 0 bridgehead atoms. The number of anilines is 1. The third-order valence-electron chi connectivity index (χ3n) is 4.38. The summed E-state index contributed by atoms with van der Waals surface area (Å²) in [6.07, 6.45) is 3.04.